The third-order valence-corrected chi connectivity index (χ3v) is 4.13. The van der Waals surface area contributed by atoms with E-state index in [-0.39, 0.29) is 23.9 Å². The first-order valence-electron chi connectivity index (χ1n) is 8.59. The Hall–Kier alpha value is -3.65. The van der Waals surface area contributed by atoms with Crippen LogP contribution in [0.2, 0.25) is 0 Å². The molecule has 0 atom stereocenters. The number of carbonyl (C=O) groups excluding carboxylic acids is 2. The van der Waals surface area contributed by atoms with Gasteiger partial charge in [0.1, 0.15) is 18.2 Å². The maximum atomic E-state index is 12.6. The van der Waals surface area contributed by atoms with E-state index in [1.54, 1.807) is 48.0 Å². The number of carbonyl (C=O) groups is 2. The van der Waals surface area contributed by atoms with E-state index in [4.69, 9.17) is 4.74 Å². The van der Waals surface area contributed by atoms with E-state index >= 15 is 0 Å². The van der Waals surface area contributed by atoms with E-state index in [1.165, 1.54) is 0 Å². The number of ketones is 1. The van der Waals surface area contributed by atoms with Crippen LogP contribution < -0.4 is 0 Å². The Kier molecular flexibility index (Phi) is 5.48. The zero-order valence-corrected chi connectivity index (χ0v) is 14.9. The van der Waals surface area contributed by atoms with Crippen LogP contribution in [0.1, 0.15) is 22.8 Å². The Morgan fingerprint density at radius 1 is 1.11 bits per heavy atom. The molecule has 3 aromatic rings. The number of benzene rings is 2. The monoisotopic (exact) mass is 358 g/mol. The normalized spacial score (nSPS) is 11.2. The summed E-state index contributed by atoms with van der Waals surface area (Å²) in [5.41, 5.74) is 2.04. The fourth-order valence-electron chi connectivity index (χ4n) is 2.92. The van der Waals surface area contributed by atoms with Gasteiger partial charge in [0, 0.05) is 28.2 Å². The lowest BCUT2D eigenvalue weighted by atomic mass is 10.0. The van der Waals surface area contributed by atoms with Gasteiger partial charge in [-0.1, -0.05) is 48.5 Å². The lowest BCUT2D eigenvalue weighted by molar-refractivity contribution is -0.143. The zero-order chi connectivity index (χ0) is 19.2. The molecule has 27 heavy (non-hydrogen) atoms. The van der Waals surface area contributed by atoms with Crippen molar-refractivity contribution in [2.24, 2.45) is 0 Å². The number of allylic oxidation sites excluding steroid dienone is 1. The predicted octanol–water partition coefficient (Wildman–Crippen LogP) is 3.99. The average molecular weight is 358 g/mol. The van der Waals surface area contributed by atoms with Crippen molar-refractivity contribution in [3.05, 3.63) is 77.5 Å². The van der Waals surface area contributed by atoms with Crippen LogP contribution in [0.5, 0.6) is 0 Å². The van der Waals surface area contributed by atoms with E-state index in [0.29, 0.717) is 17.7 Å². The second kappa shape index (κ2) is 8.15. The zero-order valence-electron chi connectivity index (χ0n) is 14.9. The van der Waals surface area contributed by atoms with Crippen LogP contribution in [0.3, 0.4) is 0 Å². The van der Waals surface area contributed by atoms with Crippen LogP contribution in [0.15, 0.2) is 66.4 Å². The molecule has 5 heteroatoms. The molecular formula is C22H18N2O3. The van der Waals surface area contributed by atoms with Crippen molar-refractivity contribution >= 4 is 28.7 Å². The van der Waals surface area contributed by atoms with Gasteiger partial charge in [-0.3, -0.25) is 9.59 Å². The molecule has 0 fully saturated rings. The molecule has 0 amide bonds. The number of aromatic nitrogens is 1. The summed E-state index contributed by atoms with van der Waals surface area (Å²) in [5, 5.41) is 10.4. The molecule has 0 aliphatic heterocycles. The summed E-state index contributed by atoms with van der Waals surface area (Å²) in [4.78, 5) is 24.5. The van der Waals surface area contributed by atoms with Gasteiger partial charge in [-0.15, -0.1) is 0 Å². The van der Waals surface area contributed by atoms with Gasteiger partial charge >= 0.3 is 5.97 Å². The van der Waals surface area contributed by atoms with Crippen molar-refractivity contribution in [1.29, 1.82) is 5.26 Å². The van der Waals surface area contributed by atoms with Crippen LogP contribution in [0, 0.1) is 11.3 Å². The molecule has 3 rings (SSSR count). The van der Waals surface area contributed by atoms with E-state index in [0.717, 1.165) is 10.9 Å². The minimum Gasteiger partial charge on any atom is -0.465 e. The van der Waals surface area contributed by atoms with Crippen LogP contribution in [0.25, 0.3) is 17.0 Å². The average Bonchev–Trinajstić information content (AvgIpc) is 3.04. The molecule has 2 aromatic carbocycles. The summed E-state index contributed by atoms with van der Waals surface area (Å²) in [6.07, 6.45) is 3.33. The number of esters is 1. The number of nitrogens with zero attached hydrogens (tertiary/aromatic N) is 2. The molecule has 134 valence electrons. The standard InChI is InChI=1S/C22H18N2O3/c1-2-27-21(25)15-24-14-18(19-10-6-7-11-20(19)24)12-17(13-23)22(26)16-8-4-3-5-9-16/h3-12,14H,2,15H2,1H3. The first-order chi connectivity index (χ1) is 13.1. The number of hydrogen-bond donors (Lipinski definition) is 0. The third kappa shape index (κ3) is 3.96. The van der Waals surface area contributed by atoms with Gasteiger partial charge in [-0.05, 0) is 19.1 Å². The molecule has 5 nitrogen and oxygen atoms in total. The molecule has 1 aromatic heterocycles. The molecule has 0 aliphatic carbocycles. The van der Waals surface area contributed by atoms with Gasteiger partial charge in [-0.2, -0.15) is 5.26 Å². The third-order valence-electron chi connectivity index (χ3n) is 4.13. The van der Waals surface area contributed by atoms with E-state index in [9.17, 15) is 14.9 Å². The maximum Gasteiger partial charge on any atom is 0.325 e. The molecule has 0 radical (unpaired) electrons. The fourth-order valence-corrected chi connectivity index (χ4v) is 2.92. The maximum absolute atomic E-state index is 12.6. The van der Waals surface area contributed by atoms with Crippen LogP contribution in [-0.4, -0.2) is 22.9 Å². The number of hydrogen-bond acceptors (Lipinski definition) is 4. The summed E-state index contributed by atoms with van der Waals surface area (Å²) < 4.78 is 6.79. The van der Waals surface area contributed by atoms with Gasteiger partial charge in [0.25, 0.3) is 0 Å². The summed E-state index contributed by atoms with van der Waals surface area (Å²) in [6, 6.07) is 18.2. The van der Waals surface area contributed by atoms with Gasteiger partial charge in [0.15, 0.2) is 0 Å². The van der Waals surface area contributed by atoms with Crippen LogP contribution in [-0.2, 0) is 16.1 Å². The molecule has 0 saturated carbocycles. The Morgan fingerprint density at radius 2 is 1.81 bits per heavy atom. The SMILES string of the molecule is CCOC(=O)Cn1cc(C=C(C#N)C(=O)c2ccccc2)c2ccccc21. The Balaban J connectivity index is 2.03. The van der Waals surface area contributed by atoms with Gasteiger partial charge in [0.2, 0.25) is 5.78 Å². The second-order valence-corrected chi connectivity index (χ2v) is 5.90. The van der Waals surface area contributed by atoms with E-state index in [1.807, 2.05) is 36.4 Å². The largest absolute Gasteiger partial charge is 0.465 e. The molecular weight excluding hydrogens is 340 g/mol. The van der Waals surface area contributed by atoms with E-state index in [2.05, 4.69) is 0 Å². The number of nitriles is 1. The van der Waals surface area contributed by atoms with Crippen molar-refractivity contribution in [3.63, 3.8) is 0 Å². The minimum absolute atomic E-state index is 0.0419. The predicted molar refractivity (Wildman–Crippen MR) is 103 cm³/mol. The number of para-hydroxylation sites is 1. The van der Waals surface area contributed by atoms with Gasteiger partial charge in [-0.25, -0.2) is 0 Å². The molecule has 0 unspecified atom stereocenters. The summed E-state index contributed by atoms with van der Waals surface area (Å²) in [5.74, 6) is -0.671. The number of fused-ring (bicyclic) bond motifs is 1. The van der Waals surface area contributed by atoms with Gasteiger partial charge < -0.3 is 9.30 Å². The van der Waals surface area contributed by atoms with Crippen molar-refractivity contribution in [1.82, 2.24) is 4.57 Å². The highest BCUT2D eigenvalue weighted by Gasteiger charge is 2.15. The first-order valence-corrected chi connectivity index (χ1v) is 8.59. The molecule has 0 saturated heterocycles. The molecule has 0 aliphatic rings. The van der Waals surface area contributed by atoms with Crippen molar-refractivity contribution < 1.29 is 14.3 Å². The minimum atomic E-state index is -0.338. The molecule has 0 N–H and O–H groups in total. The Bertz CT molecular complexity index is 1060. The van der Waals surface area contributed by atoms with Crippen LogP contribution >= 0.6 is 0 Å². The Morgan fingerprint density at radius 3 is 2.52 bits per heavy atom. The fraction of sp³-hybridized carbons (Fsp3) is 0.136. The number of ether oxygens (including phenoxy) is 1. The van der Waals surface area contributed by atoms with Crippen LogP contribution in [0.4, 0.5) is 0 Å². The summed E-state index contributed by atoms with van der Waals surface area (Å²) in [6.45, 7) is 2.14. The molecule has 0 spiro atoms. The summed E-state index contributed by atoms with van der Waals surface area (Å²) in [7, 11) is 0. The van der Waals surface area contributed by atoms with Crippen molar-refractivity contribution in [2.45, 2.75) is 13.5 Å². The topological polar surface area (TPSA) is 72.1 Å². The summed E-state index contributed by atoms with van der Waals surface area (Å²) >= 11 is 0. The highest BCUT2D eigenvalue weighted by Crippen LogP contribution is 2.24. The highest BCUT2D eigenvalue weighted by molar-refractivity contribution is 6.14. The van der Waals surface area contributed by atoms with E-state index < -0.39 is 0 Å². The van der Waals surface area contributed by atoms with Crippen molar-refractivity contribution in [3.8, 4) is 6.07 Å². The lowest BCUT2D eigenvalue weighted by Crippen LogP contribution is -2.12. The highest BCUT2D eigenvalue weighted by atomic mass is 16.5. The number of rotatable bonds is 6. The van der Waals surface area contributed by atoms with Gasteiger partial charge in [0.05, 0.1) is 6.61 Å². The molecule has 0 bridgehead atoms. The first kappa shape index (κ1) is 18.2. The quantitative estimate of drug-likeness (QED) is 0.289. The van der Waals surface area contributed by atoms with Crippen molar-refractivity contribution in [2.75, 3.05) is 6.61 Å². The Labute approximate surface area is 157 Å². The second-order valence-electron chi connectivity index (χ2n) is 5.90. The number of Topliss-reactive ketones (excluding diaryl/α,β-unsaturated/α-hetero) is 1. The smallest absolute Gasteiger partial charge is 0.325 e. The lowest BCUT2D eigenvalue weighted by Gasteiger charge is -2.04. The molecule has 1 heterocycles.